The summed E-state index contributed by atoms with van der Waals surface area (Å²) in [7, 11) is 0. The SMILES string of the molecule is CCN(c1ccccc1)c1ncnc(Oc2ccccc2)c1[N+](=O)[O-]. The predicted octanol–water partition coefficient (Wildman–Crippen LogP) is 4.34. The van der Waals surface area contributed by atoms with Crippen LogP contribution in [0, 0.1) is 10.1 Å². The summed E-state index contributed by atoms with van der Waals surface area (Å²) in [6.45, 7) is 2.41. The molecule has 2 aromatic carbocycles. The Bertz CT molecular complexity index is 857. The Balaban J connectivity index is 2.07. The normalized spacial score (nSPS) is 10.3. The van der Waals surface area contributed by atoms with Gasteiger partial charge in [0, 0.05) is 12.2 Å². The average Bonchev–Trinajstić information content (AvgIpc) is 2.64. The molecule has 1 aromatic heterocycles. The smallest absolute Gasteiger partial charge is 0.373 e. The highest BCUT2D eigenvalue weighted by Crippen LogP contribution is 2.38. The molecule has 0 bridgehead atoms. The second-order valence-corrected chi connectivity index (χ2v) is 5.10. The molecule has 7 heteroatoms. The monoisotopic (exact) mass is 336 g/mol. The molecular formula is C18H16N4O3. The molecule has 0 unspecified atom stereocenters. The average molecular weight is 336 g/mol. The van der Waals surface area contributed by atoms with Gasteiger partial charge in [-0.2, -0.15) is 4.98 Å². The van der Waals surface area contributed by atoms with Crippen LogP contribution in [0.15, 0.2) is 67.0 Å². The summed E-state index contributed by atoms with van der Waals surface area (Å²) in [6, 6.07) is 18.2. The highest BCUT2D eigenvalue weighted by molar-refractivity contribution is 5.71. The highest BCUT2D eigenvalue weighted by atomic mass is 16.6. The van der Waals surface area contributed by atoms with E-state index in [1.54, 1.807) is 29.2 Å². The number of nitro groups is 1. The number of aromatic nitrogens is 2. The Labute approximate surface area is 144 Å². The van der Waals surface area contributed by atoms with E-state index in [0.717, 1.165) is 5.69 Å². The zero-order valence-electron chi connectivity index (χ0n) is 13.6. The molecule has 0 saturated carbocycles. The molecule has 0 radical (unpaired) electrons. The lowest BCUT2D eigenvalue weighted by Crippen LogP contribution is -2.19. The van der Waals surface area contributed by atoms with Crippen LogP contribution in [0.1, 0.15) is 6.92 Å². The third-order valence-corrected chi connectivity index (χ3v) is 3.55. The van der Waals surface area contributed by atoms with E-state index < -0.39 is 4.92 Å². The molecule has 3 aromatic rings. The number of nitrogens with zero attached hydrogens (tertiary/aromatic N) is 4. The van der Waals surface area contributed by atoms with Gasteiger partial charge in [-0.1, -0.05) is 36.4 Å². The van der Waals surface area contributed by atoms with Crippen LogP contribution >= 0.6 is 0 Å². The van der Waals surface area contributed by atoms with Crippen LogP contribution in [0.2, 0.25) is 0 Å². The first kappa shape index (κ1) is 16.4. The second kappa shape index (κ2) is 7.39. The van der Waals surface area contributed by atoms with Crippen LogP contribution in [-0.2, 0) is 0 Å². The van der Waals surface area contributed by atoms with Crippen molar-refractivity contribution in [2.75, 3.05) is 11.4 Å². The van der Waals surface area contributed by atoms with E-state index in [9.17, 15) is 10.1 Å². The van der Waals surface area contributed by atoms with Gasteiger partial charge >= 0.3 is 11.6 Å². The van der Waals surface area contributed by atoms with Gasteiger partial charge in [0.25, 0.3) is 0 Å². The first-order chi connectivity index (χ1) is 12.2. The maximum atomic E-state index is 11.7. The third-order valence-electron chi connectivity index (χ3n) is 3.55. The lowest BCUT2D eigenvalue weighted by molar-refractivity contribution is -0.385. The van der Waals surface area contributed by atoms with Crippen LogP contribution in [0.4, 0.5) is 17.2 Å². The molecule has 3 rings (SSSR count). The maximum Gasteiger partial charge on any atom is 0.373 e. The third kappa shape index (κ3) is 3.55. The van der Waals surface area contributed by atoms with E-state index in [0.29, 0.717) is 12.3 Å². The molecule has 7 nitrogen and oxygen atoms in total. The molecule has 25 heavy (non-hydrogen) atoms. The number of hydrogen-bond acceptors (Lipinski definition) is 6. The van der Waals surface area contributed by atoms with Crippen molar-refractivity contribution in [1.29, 1.82) is 0 Å². The number of para-hydroxylation sites is 2. The predicted molar refractivity (Wildman–Crippen MR) is 94.3 cm³/mol. The Kier molecular flexibility index (Phi) is 4.84. The van der Waals surface area contributed by atoms with Gasteiger partial charge in [0.05, 0.1) is 4.92 Å². The van der Waals surface area contributed by atoms with Gasteiger partial charge in [-0.15, -0.1) is 0 Å². The molecule has 0 fully saturated rings. The minimum atomic E-state index is -0.515. The Morgan fingerprint density at radius 1 is 1.04 bits per heavy atom. The van der Waals surface area contributed by atoms with Gasteiger partial charge in [0.2, 0.25) is 5.82 Å². The zero-order valence-corrected chi connectivity index (χ0v) is 13.6. The standard InChI is InChI=1S/C18H16N4O3/c1-2-21(14-9-5-3-6-10-14)17-16(22(23)24)18(20-13-19-17)25-15-11-7-4-8-12-15/h3-13H,2H2,1H3. The van der Waals surface area contributed by atoms with E-state index in [1.807, 2.05) is 43.3 Å². The Morgan fingerprint density at radius 2 is 1.68 bits per heavy atom. The van der Waals surface area contributed by atoms with Gasteiger partial charge in [-0.25, -0.2) is 4.98 Å². The highest BCUT2D eigenvalue weighted by Gasteiger charge is 2.28. The van der Waals surface area contributed by atoms with Gasteiger partial charge in [0.15, 0.2) is 0 Å². The molecule has 0 aliphatic heterocycles. The van der Waals surface area contributed by atoms with E-state index >= 15 is 0 Å². The maximum absolute atomic E-state index is 11.7. The quantitative estimate of drug-likeness (QED) is 0.492. The molecule has 0 saturated heterocycles. The van der Waals surface area contributed by atoms with Crippen LogP contribution in [-0.4, -0.2) is 21.4 Å². The van der Waals surface area contributed by atoms with Crippen molar-refractivity contribution < 1.29 is 9.66 Å². The largest absolute Gasteiger partial charge is 0.434 e. The molecule has 0 atom stereocenters. The summed E-state index contributed by atoms with van der Waals surface area (Å²) in [5, 5.41) is 11.7. The molecule has 0 aliphatic rings. The molecule has 1 heterocycles. The molecule has 0 N–H and O–H groups in total. The summed E-state index contributed by atoms with van der Waals surface area (Å²) in [5.74, 6) is 0.577. The number of rotatable bonds is 6. The topological polar surface area (TPSA) is 81.4 Å². The van der Waals surface area contributed by atoms with Crippen molar-refractivity contribution in [3.05, 3.63) is 77.1 Å². The molecule has 0 spiro atoms. The van der Waals surface area contributed by atoms with Crippen molar-refractivity contribution in [2.45, 2.75) is 6.92 Å². The fourth-order valence-electron chi connectivity index (χ4n) is 2.45. The second-order valence-electron chi connectivity index (χ2n) is 5.10. The Hall–Kier alpha value is -3.48. The van der Waals surface area contributed by atoms with Crippen molar-refractivity contribution in [3.63, 3.8) is 0 Å². The van der Waals surface area contributed by atoms with Crippen LogP contribution in [0.25, 0.3) is 0 Å². The lowest BCUT2D eigenvalue weighted by Gasteiger charge is -2.21. The fraction of sp³-hybridized carbons (Fsp3) is 0.111. The van der Waals surface area contributed by atoms with Crippen LogP contribution in [0.3, 0.4) is 0 Å². The number of anilines is 2. The summed E-state index contributed by atoms with van der Waals surface area (Å²) < 4.78 is 5.62. The van der Waals surface area contributed by atoms with Gasteiger partial charge in [-0.3, -0.25) is 10.1 Å². The molecule has 0 amide bonds. The van der Waals surface area contributed by atoms with Gasteiger partial charge < -0.3 is 9.64 Å². The number of benzene rings is 2. The minimum absolute atomic E-state index is 0.0874. The number of ether oxygens (including phenoxy) is 1. The Morgan fingerprint density at radius 3 is 2.28 bits per heavy atom. The summed E-state index contributed by atoms with van der Waals surface area (Å²) in [5.41, 5.74) is 0.537. The van der Waals surface area contributed by atoms with Crippen molar-refractivity contribution >= 4 is 17.2 Å². The van der Waals surface area contributed by atoms with Crippen LogP contribution < -0.4 is 9.64 Å². The molecule has 0 aliphatic carbocycles. The van der Waals surface area contributed by atoms with E-state index in [-0.39, 0.29) is 17.4 Å². The lowest BCUT2D eigenvalue weighted by atomic mass is 10.2. The summed E-state index contributed by atoms with van der Waals surface area (Å²) in [6.07, 6.45) is 1.27. The van der Waals surface area contributed by atoms with Crippen LogP contribution in [0.5, 0.6) is 11.6 Å². The summed E-state index contributed by atoms with van der Waals surface area (Å²) in [4.78, 5) is 21.0. The van der Waals surface area contributed by atoms with E-state index in [1.165, 1.54) is 6.33 Å². The van der Waals surface area contributed by atoms with Crippen molar-refractivity contribution in [2.24, 2.45) is 0 Å². The van der Waals surface area contributed by atoms with Gasteiger partial charge in [-0.05, 0) is 31.2 Å². The van der Waals surface area contributed by atoms with Crippen molar-refractivity contribution in [3.8, 4) is 11.6 Å². The molecular weight excluding hydrogens is 320 g/mol. The van der Waals surface area contributed by atoms with Gasteiger partial charge in [0.1, 0.15) is 12.1 Å². The number of hydrogen-bond donors (Lipinski definition) is 0. The zero-order chi connectivity index (χ0) is 17.6. The van der Waals surface area contributed by atoms with E-state index in [4.69, 9.17) is 4.74 Å². The first-order valence-corrected chi connectivity index (χ1v) is 7.75. The minimum Gasteiger partial charge on any atom is -0.434 e. The molecule has 126 valence electrons. The summed E-state index contributed by atoms with van der Waals surface area (Å²) >= 11 is 0. The van der Waals surface area contributed by atoms with Crippen molar-refractivity contribution in [1.82, 2.24) is 9.97 Å². The first-order valence-electron chi connectivity index (χ1n) is 7.75. The fourth-order valence-corrected chi connectivity index (χ4v) is 2.45. The van der Waals surface area contributed by atoms with E-state index in [2.05, 4.69) is 9.97 Å².